The van der Waals surface area contributed by atoms with Crippen LogP contribution in [0.5, 0.6) is 0 Å². The number of carbonyl (C=O) groups excluding carboxylic acids is 2. The van der Waals surface area contributed by atoms with Crippen molar-refractivity contribution >= 4 is 11.9 Å². The molecule has 4 atom stereocenters. The second kappa shape index (κ2) is 5.20. The molecule has 5 heteroatoms. The van der Waals surface area contributed by atoms with Crippen molar-refractivity contribution < 1.29 is 19.1 Å². The van der Waals surface area contributed by atoms with E-state index >= 15 is 0 Å². The summed E-state index contributed by atoms with van der Waals surface area (Å²) in [4.78, 5) is 27.0. The van der Waals surface area contributed by atoms with Gasteiger partial charge in [-0.3, -0.25) is 9.59 Å². The van der Waals surface area contributed by atoms with Gasteiger partial charge >= 0.3 is 5.97 Å². The molecule has 0 radical (unpaired) electrons. The number of esters is 1. The second-order valence-corrected chi connectivity index (χ2v) is 6.33. The van der Waals surface area contributed by atoms with Gasteiger partial charge in [0.1, 0.15) is 11.5 Å². The van der Waals surface area contributed by atoms with Crippen molar-refractivity contribution in [1.29, 1.82) is 0 Å². The first-order chi connectivity index (χ1) is 11.1. The number of nitrogens with zero attached hydrogens (tertiary/aromatic N) is 1. The fraction of sp³-hybridized carbons (Fsp3) is 0.444. The van der Waals surface area contributed by atoms with Crippen LogP contribution < -0.4 is 0 Å². The third-order valence-corrected chi connectivity index (χ3v) is 4.95. The van der Waals surface area contributed by atoms with Crippen LogP contribution in [0, 0.1) is 11.8 Å². The Morgan fingerprint density at radius 1 is 1.39 bits per heavy atom. The van der Waals surface area contributed by atoms with Gasteiger partial charge in [-0.1, -0.05) is 42.5 Å². The van der Waals surface area contributed by atoms with E-state index in [1.165, 1.54) is 0 Å². The largest absolute Gasteiger partial charge is 0.466 e. The van der Waals surface area contributed by atoms with Crippen LogP contribution in [-0.4, -0.2) is 41.6 Å². The quantitative estimate of drug-likeness (QED) is 0.625. The van der Waals surface area contributed by atoms with Gasteiger partial charge < -0.3 is 14.4 Å². The Labute approximate surface area is 134 Å². The lowest BCUT2D eigenvalue weighted by Gasteiger charge is -2.22. The van der Waals surface area contributed by atoms with Crippen LogP contribution in [0.15, 0.2) is 42.5 Å². The maximum absolute atomic E-state index is 12.9. The molecule has 1 amide bonds. The third kappa shape index (κ3) is 2.10. The van der Waals surface area contributed by atoms with Crippen LogP contribution in [0.1, 0.15) is 12.5 Å². The van der Waals surface area contributed by atoms with Crippen LogP contribution in [0.4, 0.5) is 0 Å². The molecule has 4 rings (SSSR count). The number of benzene rings is 1. The lowest BCUT2D eigenvalue weighted by Crippen LogP contribution is -2.39. The van der Waals surface area contributed by atoms with Gasteiger partial charge in [-0.05, 0) is 12.5 Å². The first-order valence-electron chi connectivity index (χ1n) is 8.01. The highest BCUT2D eigenvalue weighted by Gasteiger charge is 2.67. The molecular formula is C18H19NO4. The Hall–Kier alpha value is -2.14. The Morgan fingerprint density at radius 3 is 2.91 bits per heavy atom. The van der Waals surface area contributed by atoms with Gasteiger partial charge in [0.2, 0.25) is 5.91 Å². The summed E-state index contributed by atoms with van der Waals surface area (Å²) < 4.78 is 11.2. The molecule has 1 spiro atoms. The molecule has 3 heterocycles. The van der Waals surface area contributed by atoms with E-state index < -0.39 is 17.4 Å². The van der Waals surface area contributed by atoms with Gasteiger partial charge in [-0.15, -0.1) is 0 Å². The third-order valence-electron chi connectivity index (χ3n) is 4.95. The molecule has 2 fully saturated rings. The van der Waals surface area contributed by atoms with E-state index in [1.807, 2.05) is 42.5 Å². The monoisotopic (exact) mass is 313 g/mol. The maximum atomic E-state index is 12.9. The number of likely N-dealkylation sites (tertiary alicyclic amines) is 1. The van der Waals surface area contributed by atoms with Gasteiger partial charge in [0.15, 0.2) is 0 Å². The Kier molecular flexibility index (Phi) is 3.27. The number of fused-ring (bicyclic) bond motifs is 1. The van der Waals surface area contributed by atoms with Gasteiger partial charge in [-0.2, -0.15) is 0 Å². The normalized spacial score (nSPS) is 34.0. The minimum Gasteiger partial charge on any atom is -0.466 e. The molecule has 1 aromatic rings. The predicted octanol–water partition coefficient (Wildman–Crippen LogP) is 1.53. The SMILES string of the molecule is CCOC(=O)[C@H]1[C@H]2C=C[C@@]3(CN(Cc4ccccc4)C(=O)[C@@H]13)O2. The fourth-order valence-corrected chi connectivity index (χ4v) is 4.02. The van der Waals surface area contributed by atoms with Gasteiger partial charge in [0.25, 0.3) is 0 Å². The average molecular weight is 313 g/mol. The number of ether oxygens (including phenoxy) is 2. The Morgan fingerprint density at radius 2 is 2.17 bits per heavy atom. The molecule has 23 heavy (non-hydrogen) atoms. The van der Waals surface area contributed by atoms with E-state index in [9.17, 15) is 9.59 Å². The summed E-state index contributed by atoms with van der Waals surface area (Å²) in [6.45, 7) is 3.12. The predicted molar refractivity (Wildman–Crippen MR) is 82.2 cm³/mol. The number of rotatable bonds is 4. The maximum Gasteiger partial charge on any atom is 0.312 e. The zero-order chi connectivity index (χ0) is 16.0. The van der Waals surface area contributed by atoms with Gasteiger partial charge in [-0.25, -0.2) is 0 Å². The highest BCUT2D eigenvalue weighted by Crippen LogP contribution is 2.52. The topological polar surface area (TPSA) is 55.8 Å². The first-order valence-corrected chi connectivity index (χ1v) is 8.01. The van der Waals surface area contributed by atoms with Gasteiger partial charge in [0.05, 0.1) is 25.2 Å². The summed E-state index contributed by atoms with van der Waals surface area (Å²) in [6.07, 6.45) is 3.53. The van der Waals surface area contributed by atoms with E-state index in [2.05, 4.69) is 0 Å². The van der Waals surface area contributed by atoms with Crippen molar-refractivity contribution in [1.82, 2.24) is 4.90 Å². The average Bonchev–Trinajstić information content (AvgIpc) is 3.17. The number of hydrogen-bond donors (Lipinski definition) is 0. The molecule has 3 aliphatic rings. The summed E-state index contributed by atoms with van der Waals surface area (Å²) in [7, 11) is 0. The summed E-state index contributed by atoms with van der Waals surface area (Å²) in [5, 5.41) is 0. The van der Waals surface area contributed by atoms with Crippen LogP contribution in [-0.2, 0) is 25.6 Å². The van der Waals surface area contributed by atoms with E-state index in [0.29, 0.717) is 19.7 Å². The molecule has 0 unspecified atom stereocenters. The molecule has 0 aliphatic carbocycles. The van der Waals surface area contributed by atoms with Crippen molar-refractivity contribution in [2.75, 3.05) is 13.2 Å². The van der Waals surface area contributed by atoms with Gasteiger partial charge in [0, 0.05) is 6.54 Å². The summed E-state index contributed by atoms with van der Waals surface area (Å²) in [5.74, 6) is -1.32. The lowest BCUT2D eigenvalue weighted by atomic mass is 9.77. The lowest BCUT2D eigenvalue weighted by molar-refractivity contribution is -0.153. The second-order valence-electron chi connectivity index (χ2n) is 6.33. The smallest absolute Gasteiger partial charge is 0.312 e. The van der Waals surface area contributed by atoms with Crippen LogP contribution >= 0.6 is 0 Å². The highest BCUT2D eigenvalue weighted by molar-refractivity contribution is 5.91. The standard InChI is InChI=1S/C18H19NO4/c1-2-22-17(21)14-13-8-9-18(23-13)11-19(16(20)15(14)18)10-12-6-4-3-5-7-12/h3-9,13-15H,2,10-11H2,1H3/t13-,14+,15-,18+/m1/s1. The van der Waals surface area contributed by atoms with Crippen molar-refractivity contribution in [2.45, 2.75) is 25.2 Å². The molecule has 2 saturated heterocycles. The molecule has 5 nitrogen and oxygen atoms in total. The molecular weight excluding hydrogens is 294 g/mol. The highest BCUT2D eigenvalue weighted by atomic mass is 16.6. The molecule has 120 valence electrons. The number of carbonyl (C=O) groups is 2. The van der Waals surface area contributed by atoms with E-state index in [1.54, 1.807) is 11.8 Å². The zero-order valence-corrected chi connectivity index (χ0v) is 13.0. The van der Waals surface area contributed by atoms with E-state index in [-0.39, 0.29) is 18.0 Å². The summed E-state index contributed by atoms with van der Waals surface area (Å²) in [5.41, 5.74) is 0.414. The van der Waals surface area contributed by atoms with Crippen LogP contribution in [0.25, 0.3) is 0 Å². The molecule has 0 N–H and O–H groups in total. The van der Waals surface area contributed by atoms with Crippen molar-refractivity contribution in [3.8, 4) is 0 Å². The molecule has 0 saturated carbocycles. The summed E-state index contributed by atoms with van der Waals surface area (Å²) >= 11 is 0. The molecule has 3 aliphatic heterocycles. The van der Waals surface area contributed by atoms with Crippen LogP contribution in [0.3, 0.4) is 0 Å². The molecule has 2 bridgehead atoms. The zero-order valence-electron chi connectivity index (χ0n) is 13.0. The minimum absolute atomic E-state index is 0.0150. The Bertz CT molecular complexity index is 671. The first kappa shape index (κ1) is 14.5. The molecule has 1 aromatic carbocycles. The fourth-order valence-electron chi connectivity index (χ4n) is 4.02. The van der Waals surface area contributed by atoms with E-state index in [0.717, 1.165) is 5.56 Å². The van der Waals surface area contributed by atoms with Crippen LogP contribution in [0.2, 0.25) is 0 Å². The number of hydrogen-bond acceptors (Lipinski definition) is 4. The molecule has 0 aromatic heterocycles. The van der Waals surface area contributed by atoms with Crippen molar-refractivity contribution in [2.24, 2.45) is 11.8 Å². The van der Waals surface area contributed by atoms with Crippen molar-refractivity contribution in [3.63, 3.8) is 0 Å². The minimum atomic E-state index is -0.659. The Balaban J connectivity index is 1.60. The van der Waals surface area contributed by atoms with E-state index in [4.69, 9.17) is 9.47 Å². The number of amides is 1. The summed E-state index contributed by atoms with van der Waals surface area (Å²) in [6, 6.07) is 9.86. The van der Waals surface area contributed by atoms with Crippen molar-refractivity contribution in [3.05, 3.63) is 48.0 Å².